The molecule has 196 valence electrons. The molecule has 4 aromatic rings. The number of carbonyl (C=O) groups excluding carboxylic acids is 1. The molecular formula is C31H32ClN3O3. The Bertz CT molecular complexity index is 1510. The van der Waals surface area contributed by atoms with Crippen LogP contribution in [0.2, 0.25) is 5.02 Å². The molecule has 2 heterocycles. The molecule has 0 aliphatic carbocycles. The van der Waals surface area contributed by atoms with Crippen LogP contribution in [0, 0.1) is 0 Å². The lowest BCUT2D eigenvalue weighted by molar-refractivity contribution is -0.142. The molecule has 0 atom stereocenters. The second-order valence-electron chi connectivity index (χ2n) is 9.58. The number of halogens is 1. The van der Waals surface area contributed by atoms with E-state index in [4.69, 9.17) is 16.3 Å². The number of piperazine rings is 1. The van der Waals surface area contributed by atoms with Gasteiger partial charge in [0.25, 0.3) is 5.56 Å². The Kier molecular flexibility index (Phi) is 7.82. The van der Waals surface area contributed by atoms with Crippen molar-refractivity contribution in [1.29, 1.82) is 0 Å². The van der Waals surface area contributed by atoms with Gasteiger partial charge in [-0.3, -0.25) is 9.59 Å². The highest BCUT2D eigenvalue weighted by Gasteiger charge is 2.16. The number of rotatable bonds is 7. The van der Waals surface area contributed by atoms with Gasteiger partial charge in [0.05, 0.1) is 18.1 Å². The van der Waals surface area contributed by atoms with Crippen LogP contribution in [-0.2, 0) is 16.0 Å². The Morgan fingerprint density at radius 2 is 1.66 bits per heavy atom. The molecule has 6 nitrogen and oxygen atoms in total. The molecule has 0 saturated carbocycles. The topological polar surface area (TPSA) is 65.6 Å². The Balaban J connectivity index is 1.44. The normalized spacial score (nSPS) is 14.1. The lowest BCUT2D eigenvalue weighted by Gasteiger charge is -2.35. The van der Waals surface area contributed by atoms with Gasteiger partial charge in [-0.25, -0.2) is 0 Å². The molecule has 1 N–H and O–H groups in total. The van der Waals surface area contributed by atoms with Gasteiger partial charge in [0.1, 0.15) is 0 Å². The zero-order valence-corrected chi connectivity index (χ0v) is 22.6. The molecule has 0 bridgehead atoms. The van der Waals surface area contributed by atoms with Crippen LogP contribution in [0.15, 0.2) is 71.5 Å². The minimum Gasteiger partial charge on any atom is -0.466 e. The maximum atomic E-state index is 13.0. The van der Waals surface area contributed by atoms with Crippen molar-refractivity contribution >= 4 is 34.2 Å². The molecule has 1 aliphatic rings. The van der Waals surface area contributed by atoms with Gasteiger partial charge in [0.2, 0.25) is 0 Å². The van der Waals surface area contributed by atoms with Crippen molar-refractivity contribution in [3.05, 3.63) is 87.7 Å². The van der Waals surface area contributed by atoms with Crippen LogP contribution in [0.3, 0.4) is 0 Å². The second-order valence-corrected chi connectivity index (χ2v) is 9.99. The van der Waals surface area contributed by atoms with Gasteiger partial charge in [-0.2, -0.15) is 0 Å². The van der Waals surface area contributed by atoms with Crippen LogP contribution in [0.4, 0.5) is 5.69 Å². The van der Waals surface area contributed by atoms with Crippen molar-refractivity contribution < 1.29 is 9.53 Å². The van der Waals surface area contributed by atoms with Crippen molar-refractivity contribution in [3.8, 4) is 22.3 Å². The molecule has 0 unspecified atom stereocenters. The molecule has 3 aromatic carbocycles. The molecule has 1 fully saturated rings. The van der Waals surface area contributed by atoms with Crippen molar-refractivity contribution in [3.63, 3.8) is 0 Å². The highest BCUT2D eigenvalue weighted by atomic mass is 35.5. The summed E-state index contributed by atoms with van der Waals surface area (Å²) in [5, 5.41) is 1.47. The van der Waals surface area contributed by atoms with Gasteiger partial charge < -0.3 is 19.5 Å². The number of pyridine rings is 1. The lowest BCUT2D eigenvalue weighted by Crippen LogP contribution is -2.46. The third-order valence-corrected chi connectivity index (χ3v) is 7.50. The van der Waals surface area contributed by atoms with E-state index in [0.29, 0.717) is 22.7 Å². The first kappa shape index (κ1) is 26.0. The number of nitrogens with zero attached hydrogens (tertiary/aromatic N) is 2. The zero-order valence-electron chi connectivity index (χ0n) is 21.8. The Morgan fingerprint density at radius 3 is 2.37 bits per heavy atom. The number of anilines is 1. The second kappa shape index (κ2) is 11.4. The molecule has 1 aliphatic heterocycles. The number of esters is 1. The molecule has 1 aromatic heterocycles. The largest absolute Gasteiger partial charge is 0.466 e. The Hall–Kier alpha value is -3.61. The first-order valence-corrected chi connectivity index (χ1v) is 13.5. The van der Waals surface area contributed by atoms with E-state index in [1.165, 1.54) is 5.69 Å². The highest BCUT2D eigenvalue weighted by molar-refractivity contribution is 6.34. The van der Waals surface area contributed by atoms with Gasteiger partial charge in [-0.15, -0.1) is 0 Å². The standard InChI is InChI=1S/C31H32ClN3O3/c1-3-34-12-14-35(15-13-34)25-10-8-22(9-11-25)26-18-24-19-27(31(37)33-29(24)20-28(26)32)23-7-5-6-21(16-23)17-30(36)38-4-2/h5-11,16,18-20H,3-4,12-15,17H2,1-2H3,(H,33,37). The summed E-state index contributed by atoms with van der Waals surface area (Å²) < 4.78 is 5.07. The number of hydrogen-bond acceptors (Lipinski definition) is 5. The van der Waals surface area contributed by atoms with Crippen LogP contribution in [0.5, 0.6) is 0 Å². The average Bonchev–Trinajstić information content (AvgIpc) is 2.93. The van der Waals surface area contributed by atoms with Crippen molar-refractivity contribution in [2.24, 2.45) is 0 Å². The van der Waals surface area contributed by atoms with Crippen LogP contribution in [0.1, 0.15) is 19.4 Å². The van der Waals surface area contributed by atoms with E-state index in [1.54, 1.807) is 6.92 Å². The first-order valence-electron chi connectivity index (χ1n) is 13.1. The maximum absolute atomic E-state index is 13.0. The molecule has 5 rings (SSSR count). The summed E-state index contributed by atoms with van der Waals surface area (Å²) in [7, 11) is 0. The number of fused-ring (bicyclic) bond motifs is 1. The third-order valence-electron chi connectivity index (χ3n) is 7.19. The van der Waals surface area contributed by atoms with Gasteiger partial charge in [-0.05, 0) is 65.9 Å². The predicted molar refractivity (Wildman–Crippen MR) is 155 cm³/mol. The van der Waals surface area contributed by atoms with Crippen LogP contribution in [-0.4, -0.2) is 55.2 Å². The maximum Gasteiger partial charge on any atom is 0.310 e. The van der Waals surface area contributed by atoms with Gasteiger partial charge in [0, 0.05) is 48.5 Å². The summed E-state index contributed by atoms with van der Waals surface area (Å²) in [6.45, 7) is 9.65. The fourth-order valence-electron chi connectivity index (χ4n) is 5.07. The van der Waals surface area contributed by atoms with Crippen LogP contribution >= 0.6 is 11.6 Å². The first-order chi connectivity index (χ1) is 18.4. The summed E-state index contributed by atoms with van der Waals surface area (Å²) in [4.78, 5) is 32.8. The third kappa shape index (κ3) is 5.62. The quantitative estimate of drug-likeness (QED) is 0.308. The fraction of sp³-hybridized carbons (Fsp3) is 0.290. The number of carbonyl (C=O) groups is 1. The molecule has 0 spiro atoms. The molecular weight excluding hydrogens is 498 g/mol. The number of hydrogen-bond donors (Lipinski definition) is 1. The van der Waals surface area contributed by atoms with Crippen LogP contribution in [0.25, 0.3) is 33.2 Å². The van der Waals surface area contributed by atoms with Gasteiger partial charge in [-0.1, -0.05) is 54.9 Å². The Labute approximate surface area is 227 Å². The SMILES string of the molecule is CCOC(=O)Cc1cccc(-c2cc3cc(-c4ccc(N5CCN(CC)CC5)cc4)c(Cl)cc3[nH]c2=O)c1. The van der Waals surface area contributed by atoms with E-state index in [1.807, 2.05) is 42.5 Å². The predicted octanol–water partition coefficient (Wildman–Crippen LogP) is 5.76. The summed E-state index contributed by atoms with van der Waals surface area (Å²) >= 11 is 6.68. The molecule has 1 saturated heterocycles. The molecule has 0 radical (unpaired) electrons. The number of nitrogens with one attached hydrogen (secondary N) is 1. The number of likely N-dealkylation sites (N-methyl/N-ethyl adjacent to an activating group) is 1. The van der Waals surface area contributed by atoms with Gasteiger partial charge >= 0.3 is 5.97 Å². The minimum atomic E-state index is -0.286. The fourth-order valence-corrected chi connectivity index (χ4v) is 5.34. The smallest absolute Gasteiger partial charge is 0.310 e. The number of ether oxygens (including phenoxy) is 1. The minimum absolute atomic E-state index is 0.164. The van der Waals surface area contributed by atoms with E-state index < -0.39 is 0 Å². The van der Waals surface area contributed by atoms with Crippen molar-refractivity contribution in [2.75, 3.05) is 44.2 Å². The average molecular weight is 530 g/mol. The zero-order chi connectivity index (χ0) is 26.6. The van der Waals surface area contributed by atoms with E-state index in [2.05, 4.69) is 46.0 Å². The van der Waals surface area contributed by atoms with E-state index in [-0.39, 0.29) is 17.9 Å². The summed E-state index contributed by atoms with van der Waals surface area (Å²) in [5.74, 6) is -0.286. The summed E-state index contributed by atoms with van der Waals surface area (Å²) in [6, 6.07) is 21.7. The number of aromatic nitrogens is 1. The number of benzene rings is 3. The van der Waals surface area contributed by atoms with E-state index in [0.717, 1.165) is 60.4 Å². The lowest BCUT2D eigenvalue weighted by atomic mass is 9.99. The molecule has 38 heavy (non-hydrogen) atoms. The van der Waals surface area contributed by atoms with E-state index in [9.17, 15) is 9.59 Å². The van der Waals surface area contributed by atoms with Crippen LogP contribution < -0.4 is 10.5 Å². The molecule has 0 amide bonds. The monoisotopic (exact) mass is 529 g/mol. The summed E-state index contributed by atoms with van der Waals surface area (Å²) in [5.41, 5.74) is 5.72. The summed E-state index contributed by atoms with van der Waals surface area (Å²) in [6.07, 6.45) is 0.164. The highest BCUT2D eigenvalue weighted by Crippen LogP contribution is 2.33. The van der Waals surface area contributed by atoms with Gasteiger partial charge in [0.15, 0.2) is 0 Å². The number of aromatic amines is 1. The van der Waals surface area contributed by atoms with Crippen molar-refractivity contribution in [2.45, 2.75) is 20.3 Å². The Morgan fingerprint density at radius 1 is 0.921 bits per heavy atom. The van der Waals surface area contributed by atoms with E-state index >= 15 is 0 Å². The van der Waals surface area contributed by atoms with Crippen molar-refractivity contribution in [1.82, 2.24) is 9.88 Å². The molecule has 7 heteroatoms. The number of H-pyrrole nitrogens is 1.